The zero-order chi connectivity index (χ0) is 11.3. The fraction of sp³-hybridized carbons (Fsp3) is 0.500. The van der Waals surface area contributed by atoms with Crippen molar-refractivity contribution in [1.29, 1.82) is 0 Å². The molecule has 0 aliphatic heterocycles. The second kappa shape index (κ2) is 6.13. The number of aromatic hydroxyl groups is 1. The van der Waals surface area contributed by atoms with E-state index in [1.165, 1.54) is 0 Å². The molecule has 1 rings (SSSR count). The van der Waals surface area contributed by atoms with Crippen LogP contribution in [0.4, 0.5) is 0 Å². The Morgan fingerprint density at radius 3 is 2.67 bits per heavy atom. The standard InChI is InChI=1S/C12H18BrNO/c1-9(2)12(7-13)14-8-10-4-3-5-11(15)6-10/h3-6,9,12,14-15H,7-8H2,1-2H3. The molecule has 2 nitrogen and oxygen atoms in total. The maximum Gasteiger partial charge on any atom is 0.115 e. The van der Waals surface area contributed by atoms with Crippen molar-refractivity contribution in [3.63, 3.8) is 0 Å². The van der Waals surface area contributed by atoms with E-state index in [0.29, 0.717) is 17.7 Å². The van der Waals surface area contributed by atoms with Gasteiger partial charge in [0.2, 0.25) is 0 Å². The lowest BCUT2D eigenvalue weighted by atomic mass is 10.1. The third-order valence-electron chi connectivity index (χ3n) is 2.45. The Labute approximate surface area is 99.8 Å². The van der Waals surface area contributed by atoms with E-state index in [1.54, 1.807) is 12.1 Å². The Kier molecular flexibility index (Phi) is 5.12. The first kappa shape index (κ1) is 12.5. The van der Waals surface area contributed by atoms with Crippen LogP contribution in [0.5, 0.6) is 5.75 Å². The third-order valence-corrected chi connectivity index (χ3v) is 3.15. The molecule has 0 bridgehead atoms. The average molecular weight is 272 g/mol. The van der Waals surface area contributed by atoms with Crippen LogP contribution < -0.4 is 5.32 Å². The number of halogens is 1. The van der Waals surface area contributed by atoms with Gasteiger partial charge in [-0.15, -0.1) is 0 Å². The number of hydrogen-bond acceptors (Lipinski definition) is 2. The summed E-state index contributed by atoms with van der Waals surface area (Å²) in [5.41, 5.74) is 1.11. The monoisotopic (exact) mass is 271 g/mol. The molecule has 0 saturated carbocycles. The molecule has 2 N–H and O–H groups in total. The van der Waals surface area contributed by atoms with Crippen molar-refractivity contribution in [2.24, 2.45) is 5.92 Å². The summed E-state index contributed by atoms with van der Waals surface area (Å²) in [7, 11) is 0. The van der Waals surface area contributed by atoms with Crippen molar-refractivity contribution in [1.82, 2.24) is 5.32 Å². The van der Waals surface area contributed by atoms with Crippen molar-refractivity contribution in [3.05, 3.63) is 29.8 Å². The summed E-state index contributed by atoms with van der Waals surface area (Å²) in [6, 6.07) is 7.82. The molecule has 3 heteroatoms. The predicted molar refractivity (Wildman–Crippen MR) is 67.4 cm³/mol. The van der Waals surface area contributed by atoms with Crippen molar-refractivity contribution in [2.45, 2.75) is 26.4 Å². The van der Waals surface area contributed by atoms with Crippen LogP contribution in [-0.4, -0.2) is 16.5 Å². The minimum Gasteiger partial charge on any atom is -0.508 e. The zero-order valence-electron chi connectivity index (χ0n) is 9.20. The van der Waals surface area contributed by atoms with E-state index in [4.69, 9.17) is 0 Å². The highest BCUT2D eigenvalue weighted by molar-refractivity contribution is 9.09. The highest BCUT2D eigenvalue weighted by Gasteiger charge is 2.10. The fourth-order valence-corrected chi connectivity index (χ4v) is 2.36. The summed E-state index contributed by atoms with van der Waals surface area (Å²) >= 11 is 3.49. The Balaban J connectivity index is 2.49. The fourth-order valence-electron chi connectivity index (χ4n) is 1.38. The molecule has 1 unspecified atom stereocenters. The van der Waals surface area contributed by atoms with Gasteiger partial charge in [0, 0.05) is 17.9 Å². The first-order valence-corrected chi connectivity index (χ1v) is 6.33. The number of benzene rings is 1. The Morgan fingerprint density at radius 2 is 2.13 bits per heavy atom. The summed E-state index contributed by atoms with van der Waals surface area (Å²) in [5, 5.41) is 13.7. The maximum absolute atomic E-state index is 9.31. The number of hydrogen-bond donors (Lipinski definition) is 2. The average Bonchev–Trinajstić information content (AvgIpc) is 2.18. The Bertz CT molecular complexity index is 301. The van der Waals surface area contributed by atoms with E-state index in [-0.39, 0.29) is 0 Å². The molecule has 0 aliphatic rings. The molecule has 1 aromatic carbocycles. The van der Waals surface area contributed by atoms with E-state index in [2.05, 4.69) is 35.1 Å². The quantitative estimate of drug-likeness (QED) is 0.808. The molecule has 1 aromatic rings. The predicted octanol–water partition coefficient (Wildman–Crippen LogP) is 2.90. The van der Waals surface area contributed by atoms with Crippen molar-refractivity contribution >= 4 is 15.9 Å². The zero-order valence-corrected chi connectivity index (χ0v) is 10.8. The van der Waals surface area contributed by atoms with Crippen molar-refractivity contribution in [2.75, 3.05) is 5.33 Å². The molecule has 0 heterocycles. The Hall–Kier alpha value is -0.540. The van der Waals surface area contributed by atoms with Gasteiger partial charge < -0.3 is 10.4 Å². The van der Waals surface area contributed by atoms with Crippen LogP contribution in [0.25, 0.3) is 0 Å². The minimum absolute atomic E-state index is 0.328. The summed E-state index contributed by atoms with van der Waals surface area (Å²) in [4.78, 5) is 0. The van der Waals surface area contributed by atoms with Crippen LogP contribution in [0.3, 0.4) is 0 Å². The molecule has 0 aromatic heterocycles. The van der Waals surface area contributed by atoms with E-state index >= 15 is 0 Å². The molecule has 0 aliphatic carbocycles. The van der Waals surface area contributed by atoms with Crippen molar-refractivity contribution in [3.8, 4) is 5.75 Å². The van der Waals surface area contributed by atoms with Crippen LogP contribution >= 0.6 is 15.9 Å². The minimum atomic E-state index is 0.328. The normalized spacial score (nSPS) is 13.1. The van der Waals surface area contributed by atoms with Gasteiger partial charge in [0.05, 0.1) is 0 Å². The van der Waals surface area contributed by atoms with E-state index in [0.717, 1.165) is 17.4 Å². The van der Waals surface area contributed by atoms with E-state index < -0.39 is 0 Å². The SMILES string of the molecule is CC(C)C(CBr)NCc1cccc(O)c1. The van der Waals surface area contributed by atoms with Gasteiger partial charge in [-0.25, -0.2) is 0 Å². The summed E-state index contributed by atoms with van der Waals surface area (Å²) in [6.07, 6.45) is 0. The molecule has 15 heavy (non-hydrogen) atoms. The van der Waals surface area contributed by atoms with Gasteiger partial charge in [0.15, 0.2) is 0 Å². The van der Waals surface area contributed by atoms with E-state index in [1.807, 2.05) is 12.1 Å². The van der Waals surface area contributed by atoms with Gasteiger partial charge in [-0.1, -0.05) is 41.9 Å². The van der Waals surface area contributed by atoms with Crippen molar-refractivity contribution < 1.29 is 5.11 Å². The van der Waals surface area contributed by atoms with Gasteiger partial charge in [-0.05, 0) is 23.6 Å². The smallest absolute Gasteiger partial charge is 0.115 e. The summed E-state index contributed by atoms with van der Waals surface area (Å²) < 4.78 is 0. The molecular weight excluding hydrogens is 254 g/mol. The van der Waals surface area contributed by atoms with Gasteiger partial charge in [-0.2, -0.15) is 0 Å². The lowest BCUT2D eigenvalue weighted by molar-refractivity contribution is 0.432. The maximum atomic E-state index is 9.31. The van der Waals surface area contributed by atoms with Gasteiger partial charge in [0.25, 0.3) is 0 Å². The van der Waals surface area contributed by atoms with E-state index in [9.17, 15) is 5.11 Å². The molecule has 0 radical (unpaired) electrons. The highest BCUT2D eigenvalue weighted by Crippen LogP contribution is 2.12. The topological polar surface area (TPSA) is 32.3 Å². The lowest BCUT2D eigenvalue weighted by Gasteiger charge is -2.19. The van der Waals surface area contributed by atoms with Crippen LogP contribution in [-0.2, 0) is 6.54 Å². The molecule has 0 amide bonds. The summed E-state index contributed by atoms with van der Waals surface area (Å²) in [6.45, 7) is 5.19. The van der Waals surface area contributed by atoms with Gasteiger partial charge >= 0.3 is 0 Å². The highest BCUT2D eigenvalue weighted by atomic mass is 79.9. The van der Waals surface area contributed by atoms with Crippen LogP contribution in [0.15, 0.2) is 24.3 Å². The molecule has 1 atom stereocenters. The van der Waals surface area contributed by atoms with Crippen LogP contribution in [0.2, 0.25) is 0 Å². The van der Waals surface area contributed by atoms with Crippen LogP contribution in [0.1, 0.15) is 19.4 Å². The second-order valence-corrected chi connectivity index (χ2v) is 4.70. The lowest BCUT2D eigenvalue weighted by Crippen LogP contribution is -2.34. The van der Waals surface area contributed by atoms with Crippen LogP contribution in [0, 0.1) is 5.92 Å². The first-order valence-electron chi connectivity index (χ1n) is 5.20. The summed E-state index contributed by atoms with van der Waals surface area (Å²) in [5.74, 6) is 0.927. The number of alkyl halides is 1. The number of nitrogens with one attached hydrogen (secondary N) is 1. The molecule has 0 spiro atoms. The Morgan fingerprint density at radius 1 is 1.40 bits per heavy atom. The third kappa shape index (κ3) is 4.22. The van der Waals surface area contributed by atoms with Gasteiger partial charge in [0.1, 0.15) is 5.75 Å². The number of phenols is 1. The molecule has 0 fully saturated rings. The number of phenolic OH excluding ortho intramolecular Hbond substituents is 1. The molecular formula is C12H18BrNO. The van der Waals surface area contributed by atoms with Gasteiger partial charge in [-0.3, -0.25) is 0 Å². The second-order valence-electron chi connectivity index (χ2n) is 4.06. The largest absolute Gasteiger partial charge is 0.508 e. The molecule has 0 saturated heterocycles. The molecule has 84 valence electrons. The number of rotatable bonds is 5. The first-order chi connectivity index (χ1) is 7.13.